The summed E-state index contributed by atoms with van der Waals surface area (Å²) in [6.07, 6.45) is 1.20. The van der Waals surface area contributed by atoms with Crippen LogP contribution in [-0.2, 0) is 21.3 Å². The first-order chi connectivity index (χ1) is 21.1. The van der Waals surface area contributed by atoms with E-state index in [0.29, 0.717) is 52.2 Å². The van der Waals surface area contributed by atoms with Crippen LogP contribution in [0, 0.1) is 0 Å². The van der Waals surface area contributed by atoms with Crippen LogP contribution >= 0.6 is 0 Å². The molecule has 0 amide bonds. The number of benzene rings is 4. The number of aromatic hydroxyl groups is 1. The highest BCUT2D eigenvalue weighted by molar-refractivity contribution is 7.92. The average molecular weight is 611 g/mol. The Morgan fingerprint density at radius 1 is 0.886 bits per heavy atom. The molecule has 0 unspecified atom stereocenters. The maximum Gasteiger partial charge on any atom is 0.337 e. The number of rotatable bonds is 11. The number of carbonyl (C=O) groups excluding carboxylic acids is 1. The van der Waals surface area contributed by atoms with Gasteiger partial charge in [-0.05, 0) is 49.0 Å². The number of aromatic nitrogens is 1. The number of hydrogen-bond donors (Lipinski definition) is 2. The Labute approximate surface area is 257 Å². The number of aliphatic imine (C=N–C) groups is 1. The van der Waals surface area contributed by atoms with Gasteiger partial charge in [0.25, 0.3) is 0 Å². The van der Waals surface area contributed by atoms with Gasteiger partial charge in [-0.25, -0.2) is 18.2 Å². The topological polar surface area (TPSA) is 115 Å². The molecule has 0 saturated heterocycles. The van der Waals surface area contributed by atoms with E-state index in [4.69, 9.17) is 9.73 Å². The van der Waals surface area contributed by atoms with Crippen molar-refractivity contribution >= 4 is 44.0 Å². The largest absolute Gasteiger partial charge is 0.494 e. The molecule has 44 heavy (non-hydrogen) atoms. The first-order valence-corrected chi connectivity index (χ1v) is 15.9. The molecule has 0 aliphatic carbocycles. The molecule has 1 heterocycles. The average Bonchev–Trinajstić information content (AvgIpc) is 3.35. The van der Waals surface area contributed by atoms with Gasteiger partial charge in [0.2, 0.25) is 10.0 Å². The third kappa shape index (κ3) is 6.99. The molecule has 2 N–H and O–H groups in total. The van der Waals surface area contributed by atoms with Crippen molar-refractivity contribution in [3.63, 3.8) is 0 Å². The summed E-state index contributed by atoms with van der Waals surface area (Å²) in [4.78, 5) is 22.0. The minimum atomic E-state index is -3.54. The van der Waals surface area contributed by atoms with Crippen LogP contribution in [0.4, 0.5) is 11.4 Å². The normalized spacial score (nSPS) is 12.0. The van der Waals surface area contributed by atoms with E-state index in [1.165, 1.54) is 17.7 Å². The Kier molecular flexibility index (Phi) is 9.12. The lowest BCUT2D eigenvalue weighted by Gasteiger charge is -2.25. The Morgan fingerprint density at radius 3 is 2.18 bits per heavy atom. The molecule has 0 aliphatic rings. The second-order valence-electron chi connectivity index (χ2n) is 10.5. The minimum absolute atomic E-state index is 0.0934. The van der Waals surface area contributed by atoms with Gasteiger partial charge in [-0.3, -0.25) is 4.31 Å². The molecule has 0 radical (unpaired) electrons. The van der Waals surface area contributed by atoms with Gasteiger partial charge in [0.05, 0.1) is 41.6 Å². The lowest BCUT2D eigenvalue weighted by molar-refractivity contribution is 0.0601. The highest BCUT2D eigenvalue weighted by Gasteiger charge is 2.21. The van der Waals surface area contributed by atoms with E-state index in [9.17, 15) is 18.3 Å². The molecular weight excluding hydrogens is 576 g/mol. The third-order valence-corrected chi connectivity index (χ3v) is 8.44. The van der Waals surface area contributed by atoms with Crippen LogP contribution in [0.2, 0.25) is 0 Å². The summed E-state index contributed by atoms with van der Waals surface area (Å²) in [6, 6.07) is 31.5. The van der Waals surface area contributed by atoms with Crippen molar-refractivity contribution in [2.45, 2.75) is 6.54 Å². The fraction of sp³-hybridized carbons (Fsp3) is 0.176. The SMILES string of the molecule is COC(=O)c1ccc2c(C(=Nc3ccc(N(CCN(C)Cc4ccccc4)S(C)(=O)=O)cc3)c3ccccc3)c(O)[nH]c2c1. The molecule has 0 fully saturated rings. The number of nitrogens with one attached hydrogen (secondary N) is 1. The number of anilines is 1. The summed E-state index contributed by atoms with van der Waals surface area (Å²) in [5.74, 6) is -0.574. The number of carbonyl (C=O) groups is 1. The molecule has 0 saturated carbocycles. The molecule has 0 bridgehead atoms. The summed E-state index contributed by atoms with van der Waals surface area (Å²) in [7, 11) is -0.262. The van der Waals surface area contributed by atoms with Crippen LogP contribution in [0.15, 0.2) is 108 Å². The van der Waals surface area contributed by atoms with Crippen LogP contribution in [0.3, 0.4) is 0 Å². The molecule has 5 aromatic rings. The fourth-order valence-electron chi connectivity index (χ4n) is 5.07. The zero-order valence-corrected chi connectivity index (χ0v) is 25.6. The van der Waals surface area contributed by atoms with Crippen molar-refractivity contribution in [3.8, 4) is 5.88 Å². The number of esters is 1. The van der Waals surface area contributed by atoms with Crippen LogP contribution < -0.4 is 4.31 Å². The summed E-state index contributed by atoms with van der Waals surface area (Å²) < 4.78 is 31.8. The van der Waals surface area contributed by atoms with Crippen LogP contribution in [0.25, 0.3) is 10.9 Å². The first-order valence-electron chi connectivity index (χ1n) is 14.0. The van der Waals surface area contributed by atoms with Crippen LogP contribution in [0.5, 0.6) is 5.88 Å². The van der Waals surface area contributed by atoms with Crippen molar-refractivity contribution in [1.82, 2.24) is 9.88 Å². The van der Waals surface area contributed by atoms with E-state index < -0.39 is 16.0 Å². The van der Waals surface area contributed by atoms with Crippen molar-refractivity contribution in [2.24, 2.45) is 4.99 Å². The van der Waals surface area contributed by atoms with Gasteiger partial charge in [-0.15, -0.1) is 0 Å². The number of ether oxygens (including phenoxy) is 1. The van der Waals surface area contributed by atoms with Gasteiger partial charge in [0.1, 0.15) is 0 Å². The molecular formula is C34H34N4O5S. The summed E-state index contributed by atoms with van der Waals surface area (Å²) >= 11 is 0. The van der Waals surface area contributed by atoms with Crippen LogP contribution in [-0.4, -0.2) is 68.6 Å². The van der Waals surface area contributed by atoms with E-state index in [0.717, 1.165) is 11.1 Å². The highest BCUT2D eigenvalue weighted by Crippen LogP contribution is 2.33. The number of sulfonamides is 1. The predicted molar refractivity (Wildman–Crippen MR) is 174 cm³/mol. The molecule has 0 atom stereocenters. The number of hydrogen-bond acceptors (Lipinski definition) is 7. The van der Waals surface area contributed by atoms with Gasteiger partial charge < -0.3 is 19.7 Å². The molecule has 1 aromatic heterocycles. The second-order valence-corrected chi connectivity index (χ2v) is 12.4. The molecule has 226 valence electrons. The van der Waals surface area contributed by atoms with E-state index in [1.54, 1.807) is 42.5 Å². The zero-order chi connectivity index (χ0) is 31.3. The Morgan fingerprint density at radius 2 is 1.55 bits per heavy atom. The van der Waals surface area contributed by atoms with Gasteiger partial charge >= 0.3 is 5.97 Å². The van der Waals surface area contributed by atoms with Crippen molar-refractivity contribution < 1.29 is 23.1 Å². The maximum atomic E-state index is 12.8. The molecule has 10 heteroatoms. The Balaban J connectivity index is 1.46. The third-order valence-electron chi connectivity index (χ3n) is 7.24. The number of fused-ring (bicyclic) bond motifs is 1. The van der Waals surface area contributed by atoms with Crippen molar-refractivity contribution in [2.75, 3.05) is 37.8 Å². The first kappa shape index (κ1) is 30.5. The minimum Gasteiger partial charge on any atom is -0.494 e. The zero-order valence-electron chi connectivity index (χ0n) is 24.8. The molecule has 9 nitrogen and oxygen atoms in total. The number of likely N-dealkylation sites (N-methyl/N-ethyl adjacent to an activating group) is 1. The van der Waals surface area contributed by atoms with Crippen molar-refractivity contribution in [3.05, 3.63) is 125 Å². The second kappa shape index (κ2) is 13.2. The number of aromatic amines is 1. The van der Waals surface area contributed by atoms with Gasteiger partial charge in [-0.2, -0.15) is 0 Å². The molecule has 0 spiro atoms. The van der Waals surface area contributed by atoms with E-state index in [2.05, 4.69) is 9.88 Å². The number of methoxy groups -OCH3 is 1. The van der Waals surface area contributed by atoms with Crippen molar-refractivity contribution in [1.29, 1.82) is 0 Å². The Bertz CT molecular complexity index is 1890. The van der Waals surface area contributed by atoms with E-state index in [1.807, 2.05) is 67.7 Å². The summed E-state index contributed by atoms with van der Waals surface area (Å²) in [5, 5.41) is 11.7. The number of H-pyrrole nitrogens is 1. The smallest absolute Gasteiger partial charge is 0.337 e. The lowest BCUT2D eigenvalue weighted by Crippen LogP contribution is -2.36. The lowest BCUT2D eigenvalue weighted by atomic mass is 10.00. The summed E-state index contributed by atoms with van der Waals surface area (Å²) in [6.45, 7) is 1.54. The number of nitrogens with zero attached hydrogens (tertiary/aromatic N) is 3. The molecule has 4 aromatic carbocycles. The quantitative estimate of drug-likeness (QED) is 0.146. The van der Waals surface area contributed by atoms with Crippen LogP contribution in [0.1, 0.15) is 27.0 Å². The highest BCUT2D eigenvalue weighted by atomic mass is 32.2. The van der Waals surface area contributed by atoms with E-state index in [-0.39, 0.29) is 12.4 Å². The maximum absolute atomic E-state index is 12.8. The summed E-state index contributed by atoms with van der Waals surface area (Å²) in [5.41, 5.74) is 4.92. The standard InChI is InChI=1S/C34H34N4O5S/c1-37(23-24-10-6-4-7-11-24)20-21-38(44(3,41)42)28-17-15-27(16-18-28)35-32(25-12-8-5-9-13-25)31-29-19-14-26(34(40)43-2)22-30(29)36-33(31)39/h4-19,22,36,39H,20-21,23H2,1-3H3. The van der Waals surface area contributed by atoms with Gasteiger partial charge in [0, 0.05) is 36.1 Å². The molecule has 0 aliphatic heterocycles. The Hall–Kier alpha value is -4.93. The molecule has 5 rings (SSSR count). The van der Waals surface area contributed by atoms with Gasteiger partial charge in [0.15, 0.2) is 5.88 Å². The van der Waals surface area contributed by atoms with E-state index >= 15 is 0 Å². The monoisotopic (exact) mass is 610 g/mol. The van der Waals surface area contributed by atoms with Gasteiger partial charge in [-0.1, -0.05) is 66.7 Å². The fourth-order valence-corrected chi connectivity index (χ4v) is 5.99. The predicted octanol–water partition coefficient (Wildman–Crippen LogP) is 5.73.